The molecule has 0 fully saturated rings. The smallest absolute Gasteiger partial charge is 0.254 e. The highest BCUT2D eigenvalue weighted by atomic mass is 35.5. The van der Waals surface area contributed by atoms with Gasteiger partial charge in [-0.05, 0) is 19.9 Å². The number of carbonyl (C=O) groups excluding carboxylic acids is 2. The Kier molecular flexibility index (Phi) is 4.07. The van der Waals surface area contributed by atoms with Crippen LogP contribution in [-0.4, -0.2) is 22.3 Å². The minimum atomic E-state index is -0.720. The molecule has 0 spiro atoms. The normalized spacial score (nSPS) is 11.0. The number of aromatic nitrogens is 1. The Morgan fingerprint density at radius 1 is 1.53 bits per heavy atom. The lowest BCUT2D eigenvalue weighted by atomic mass is 10.00. The molecule has 0 aliphatic rings. The van der Waals surface area contributed by atoms with Gasteiger partial charge in [-0.2, -0.15) is 0 Å². The summed E-state index contributed by atoms with van der Waals surface area (Å²) in [6, 6.07) is 1.53. The third-order valence-electron chi connectivity index (χ3n) is 2.08. The van der Waals surface area contributed by atoms with Crippen LogP contribution in [0.5, 0.6) is 0 Å². The zero-order valence-electron chi connectivity index (χ0n) is 9.66. The highest BCUT2D eigenvalue weighted by Crippen LogP contribution is 2.15. The summed E-state index contributed by atoms with van der Waals surface area (Å²) >= 11 is 5.86. The Bertz CT molecular complexity index is 446. The molecule has 1 aromatic heterocycles. The van der Waals surface area contributed by atoms with E-state index in [4.69, 9.17) is 17.3 Å². The van der Waals surface area contributed by atoms with Crippen LogP contribution in [-0.2, 0) is 4.79 Å². The standard InChI is InChI=1S/C11H14ClN3O2/c1-11(2,5-9(13)16)15-10(17)7-6-14-4-3-8(7)12/h3-4,6H,5H2,1-2H3,(H2,13,16)(H,15,17). The van der Waals surface area contributed by atoms with Crippen LogP contribution >= 0.6 is 11.6 Å². The van der Waals surface area contributed by atoms with Crippen LogP contribution in [0.3, 0.4) is 0 Å². The van der Waals surface area contributed by atoms with Crippen LogP contribution in [0.15, 0.2) is 18.5 Å². The van der Waals surface area contributed by atoms with E-state index in [0.717, 1.165) is 0 Å². The zero-order valence-corrected chi connectivity index (χ0v) is 10.4. The summed E-state index contributed by atoms with van der Waals surface area (Å²) in [6.45, 7) is 3.42. The van der Waals surface area contributed by atoms with Crippen molar-refractivity contribution in [3.05, 3.63) is 29.0 Å². The van der Waals surface area contributed by atoms with Gasteiger partial charge in [0.1, 0.15) is 0 Å². The molecule has 3 N–H and O–H groups in total. The molecule has 0 aliphatic carbocycles. The van der Waals surface area contributed by atoms with Gasteiger partial charge in [-0.25, -0.2) is 0 Å². The van der Waals surface area contributed by atoms with Gasteiger partial charge >= 0.3 is 0 Å². The highest BCUT2D eigenvalue weighted by Gasteiger charge is 2.24. The summed E-state index contributed by atoms with van der Waals surface area (Å²) in [5.74, 6) is -0.859. The monoisotopic (exact) mass is 255 g/mol. The van der Waals surface area contributed by atoms with Crippen molar-refractivity contribution in [2.45, 2.75) is 25.8 Å². The molecule has 0 radical (unpaired) electrons. The summed E-state index contributed by atoms with van der Waals surface area (Å²) in [6.07, 6.45) is 2.92. The van der Waals surface area contributed by atoms with Crippen molar-refractivity contribution >= 4 is 23.4 Å². The van der Waals surface area contributed by atoms with Crippen LogP contribution in [0.1, 0.15) is 30.6 Å². The fourth-order valence-electron chi connectivity index (χ4n) is 1.40. The van der Waals surface area contributed by atoms with E-state index in [1.165, 1.54) is 18.5 Å². The van der Waals surface area contributed by atoms with Gasteiger partial charge in [0, 0.05) is 24.4 Å². The number of rotatable bonds is 4. The average molecular weight is 256 g/mol. The topological polar surface area (TPSA) is 85.1 Å². The molecule has 5 nitrogen and oxygen atoms in total. The van der Waals surface area contributed by atoms with Crippen molar-refractivity contribution in [2.75, 3.05) is 0 Å². The first-order chi connectivity index (χ1) is 7.82. The van der Waals surface area contributed by atoms with Gasteiger partial charge in [-0.15, -0.1) is 0 Å². The second-order valence-corrected chi connectivity index (χ2v) is 4.74. The number of amides is 2. The number of primary amides is 1. The first kappa shape index (κ1) is 13.4. The number of halogens is 1. The molecule has 0 saturated carbocycles. The number of nitrogens with zero attached hydrogens (tertiary/aromatic N) is 1. The van der Waals surface area contributed by atoms with Crippen LogP contribution < -0.4 is 11.1 Å². The third-order valence-corrected chi connectivity index (χ3v) is 2.41. The molecule has 1 rings (SSSR count). The van der Waals surface area contributed by atoms with Crippen molar-refractivity contribution in [3.8, 4) is 0 Å². The lowest BCUT2D eigenvalue weighted by Gasteiger charge is -2.24. The van der Waals surface area contributed by atoms with Gasteiger partial charge in [-0.3, -0.25) is 14.6 Å². The van der Waals surface area contributed by atoms with Crippen molar-refractivity contribution in [1.82, 2.24) is 10.3 Å². The number of carbonyl (C=O) groups is 2. The van der Waals surface area contributed by atoms with Crippen molar-refractivity contribution in [2.24, 2.45) is 5.73 Å². The summed E-state index contributed by atoms with van der Waals surface area (Å²) in [5, 5.41) is 2.99. The average Bonchev–Trinajstić information content (AvgIpc) is 2.14. The second-order valence-electron chi connectivity index (χ2n) is 4.34. The molecule has 0 atom stereocenters. The molecule has 0 aliphatic heterocycles. The molecule has 1 heterocycles. The van der Waals surface area contributed by atoms with Crippen molar-refractivity contribution in [1.29, 1.82) is 0 Å². The maximum atomic E-state index is 11.9. The fourth-order valence-corrected chi connectivity index (χ4v) is 1.59. The van der Waals surface area contributed by atoms with Crippen LogP contribution in [0, 0.1) is 0 Å². The van der Waals surface area contributed by atoms with E-state index >= 15 is 0 Å². The molecule has 17 heavy (non-hydrogen) atoms. The molecule has 6 heteroatoms. The quantitative estimate of drug-likeness (QED) is 0.845. The summed E-state index contributed by atoms with van der Waals surface area (Å²) in [4.78, 5) is 26.5. The Hall–Kier alpha value is -1.62. The van der Waals surface area contributed by atoms with E-state index in [1.807, 2.05) is 0 Å². The number of nitrogens with one attached hydrogen (secondary N) is 1. The number of nitrogens with two attached hydrogens (primary N) is 1. The predicted molar refractivity (Wildman–Crippen MR) is 64.6 cm³/mol. The molecule has 0 aromatic carbocycles. The predicted octanol–water partition coefficient (Wildman–Crippen LogP) is 1.12. The van der Waals surface area contributed by atoms with E-state index < -0.39 is 11.4 Å². The Labute approximate surface area is 104 Å². The fraction of sp³-hybridized carbons (Fsp3) is 0.364. The van der Waals surface area contributed by atoms with Crippen LogP contribution in [0.2, 0.25) is 5.02 Å². The Morgan fingerprint density at radius 3 is 2.71 bits per heavy atom. The highest BCUT2D eigenvalue weighted by molar-refractivity contribution is 6.33. The largest absolute Gasteiger partial charge is 0.370 e. The third kappa shape index (κ3) is 4.03. The summed E-state index contributed by atoms with van der Waals surface area (Å²) in [5.41, 5.74) is 4.64. The first-order valence-corrected chi connectivity index (χ1v) is 5.40. The van der Waals surface area contributed by atoms with Gasteiger partial charge < -0.3 is 11.1 Å². The SMILES string of the molecule is CC(C)(CC(N)=O)NC(=O)c1cnccc1Cl. The first-order valence-electron chi connectivity index (χ1n) is 5.02. The van der Waals surface area contributed by atoms with Gasteiger partial charge in [0.15, 0.2) is 0 Å². The minimum Gasteiger partial charge on any atom is -0.370 e. The second kappa shape index (κ2) is 5.14. The van der Waals surface area contributed by atoms with E-state index in [-0.39, 0.29) is 17.9 Å². The van der Waals surface area contributed by atoms with E-state index in [9.17, 15) is 9.59 Å². The molecule has 0 unspecified atom stereocenters. The lowest BCUT2D eigenvalue weighted by molar-refractivity contribution is -0.119. The van der Waals surface area contributed by atoms with Crippen LogP contribution in [0.4, 0.5) is 0 Å². The van der Waals surface area contributed by atoms with Gasteiger partial charge in [0.2, 0.25) is 5.91 Å². The maximum absolute atomic E-state index is 11.9. The molecule has 2 amide bonds. The van der Waals surface area contributed by atoms with Crippen molar-refractivity contribution < 1.29 is 9.59 Å². The van der Waals surface area contributed by atoms with Gasteiger partial charge in [-0.1, -0.05) is 11.6 Å². The number of hydrogen-bond acceptors (Lipinski definition) is 3. The maximum Gasteiger partial charge on any atom is 0.254 e. The molecular formula is C11H14ClN3O2. The summed E-state index contributed by atoms with van der Waals surface area (Å²) in [7, 11) is 0. The van der Waals surface area contributed by atoms with Crippen LogP contribution in [0.25, 0.3) is 0 Å². The Morgan fingerprint density at radius 2 is 2.18 bits per heavy atom. The van der Waals surface area contributed by atoms with Gasteiger partial charge in [0.05, 0.1) is 10.6 Å². The van der Waals surface area contributed by atoms with E-state index in [0.29, 0.717) is 5.02 Å². The molecule has 92 valence electrons. The number of hydrogen-bond donors (Lipinski definition) is 2. The van der Waals surface area contributed by atoms with Gasteiger partial charge in [0.25, 0.3) is 5.91 Å². The van der Waals surface area contributed by atoms with E-state index in [2.05, 4.69) is 10.3 Å². The molecule has 1 aromatic rings. The van der Waals surface area contributed by atoms with E-state index in [1.54, 1.807) is 13.8 Å². The Balaban J connectivity index is 2.79. The zero-order chi connectivity index (χ0) is 13.1. The minimum absolute atomic E-state index is 0.0522. The molecular weight excluding hydrogens is 242 g/mol. The lowest BCUT2D eigenvalue weighted by Crippen LogP contribution is -2.46. The summed E-state index contributed by atoms with van der Waals surface area (Å²) < 4.78 is 0. The molecule has 0 saturated heterocycles. The molecule has 0 bridgehead atoms. The van der Waals surface area contributed by atoms with Crippen molar-refractivity contribution in [3.63, 3.8) is 0 Å². The number of pyridine rings is 1.